The molecule has 1 N–H and O–H groups in total. The molecule has 19 heavy (non-hydrogen) atoms. The maximum Gasteiger partial charge on any atom is 0.176 e. The van der Waals surface area contributed by atoms with Gasteiger partial charge in [-0.05, 0) is 33.6 Å². The third-order valence-corrected chi connectivity index (χ3v) is 3.44. The smallest absolute Gasteiger partial charge is 0.176 e. The number of hydrogen-bond acceptors (Lipinski definition) is 4. The lowest BCUT2D eigenvalue weighted by atomic mass is 10.2. The largest absolute Gasteiger partial charge is 0.459 e. The van der Waals surface area contributed by atoms with Crippen LogP contribution in [0.3, 0.4) is 0 Å². The molecule has 0 saturated heterocycles. The summed E-state index contributed by atoms with van der Waals surface area (Å²) in [5, 5.41) is 3.71. The summed E-state index contributed by atoms with van der Waals surface area (Å²) in [5.41, 5.74) is 3.34. The Kier molecular flexibility index (Phi) is 3.40. The molecule has 0 aliphatic rings. The van der Waals surface area contributed by atoms with Crippen LogP contribution in [0.1, 0.15) is 5.56 Å². The summed E-state index contributed by atoms with van der Waals surface area (Å²) in [7, 11) is 0. The quantitative estimate of drug-likeness (QED) is 0.725. The summed E-state index contributed by atoms with van der Waals surface area (Å²) in [5.74, 6) is 0. The lowest BCUT2D eigenvalue weighted by Crippen LogP contribution is -2.00. The van der Waals surface area contributed by atoms with Crippen molar-refractivity contribution in [2.24, 2.45) is 0 Å². The minimum absolute atomic E-state index is 0.423. The number of aromatic nitrogens is 2. The Morgan fingerprint density at radius 3 is 2.89 bits per heavy atom. The number of furan rings is 1. The van der Waals surface area contributed by atoms with E-state index in [1.165, 1.54) is 0 Å². The van der Waals surface area contributed by atoms with Gasteiger partial charge < -0.3 is 9.73 Å². The Morgan fingerprint density at radius 2 is 2.11 bits per heavy atom. The molecule has 3 heterocycles. The van der Waals surface area contributed by atoms with Crippen molar-refractivity contribution < 1.29 is 4.42 Å². The molecule has 0 spiro atoms. The van der Waals surface area contributed by atoms with Gasteiger partial charge in [0.1, 0.15) is 16.9 Å². The molecule has 0 fully saturated rings. The van der Waals surface area contributed by atoms with Gasteiger partial charge in [-0.2, -0.15) is 0 Å². The molecular formula is C13H9BrClN3O. The zero-order chi connectivity index (χ0) is 13.2. The lowest BCUT2D eigenvalue weighted by Gasteiger charge is -2.07. The summed E-state index contributed by atoms with van der Waals surface area (Å²) in [6.45, 7) is 0.663. The number of halogens is 2. The summed E-state index contributed by atoms with van der Waals surface area (Å²) < 4.78 is 6.27. The SMILES string of the molecule is Clc1cc(NCc2ccncc2)c2occ(Br)c2n1. The lowest BCUT2D eigenvalue weighted by molar-refractivity contribution is 0.614. The number of nitrogens with zero attached hydrogens (tertiary/aromatic N) is 2. The number of rotatable bonds is 3. The highest BCUT2D eigenvalue weighted by Gasteiger charge is 2.11. The van der Waals surface area contributed by atoms with Crippen molar-refractivity contribution in [3.8, 4) is 0 Å². The van der Waals surface area contributed by atoms with E-state index in [0.717, 1.165) is 15.7 Å². The fourth-order valence-electron chi connectivity index (χ4n) is 1.78. The van der Waals surface area contributed by atoms with E-state index in [2.05, 4.69) is 31.2 Å². The fourth-order valence-corrected chi connectivity index (χ4v) is 2.33. The van der Waals surface area contributed by atoms with E-state index in [9.17, 15) is 0 Å². The van der Waals surface area contributed by atoms with Gasteiger partial charge in [0.15, 0.2) is 5.58 Å². The summed E-state index contributed by atoms with van der Waals surface area (Å²) in [6.07, 6.45) is 5.12. The first-order valence-corrected chi connectivity index (χ1v) is 6.77. The number of hydrogen-bond donors (Lipinski definition) is 1. The van der Waals surface area contributed by atoms with Gasteiger partial charge in [-0.3, -0.25) is 4.98 Å². The van der Waals surface area contributed by atoms with E-state index in [-0.39, 0.29) is 0 Å². The molecule has 3 aromatic heterocycles. The third-order valence-electron chi connectivity index (χ3n) is 2.68. The van der Waals surface area contributed by atoms with Crippen molar-refractivity contribution in [3.63, 3.8) is 0 Å². The first kappa shape index (κ1) is 12.4. The number of pyridine rings is 2. The van der Waals surface area contributed by atoms with Gasteiger partial charge in [0.25, 0.3) is 0 Å². The molecule has 0 bridgehead atoms. The van der Waals surface area contributed by atoms with Gasteiger partial charge in [0, 0.05) is 25.0 Å². The number of nitrogens with one attached hydrogen (secondary N) is 1. The highest BCUT2D eigenvalue weighted by Crippen LogP contribution is 2.32. The fraction of sp³-hybridized carbons (Fsp3) is 0.0769. The molecule has 0 radical (unpaired) electrons. The van der Waals surface area contributed by atoms with E-state index in [1.807, 2.05) is 12.1 Å². The van der Waals surface area contributed by atoms with E-state index in [1.54, 1.807) is 24.7 Å². The van der Waals surface area contributed by atoms with Crippen molar-refractivity contribution in [1.29, 1.82) is 0 Å². The van der Waals surface area contributed by atoms with Crippen LogP contribution in [0.15, 0.2) is 45.7 Å². The minimum atomic E-state index is 0.423. The van der Waals surface area contributed by atoms with Gasteiger partial charge in [-0.1, -0.05) is 11.6 Å². The Morgan fingerprint density at radius 1 is 1.32 bits per heavy atom. The average Bonchev–Trinajstić information content (AvgIpc) is 2.79. The summed E-state index contributed by atoms with van der Waals surface area (Å²) in [6, 6.07) is 5.65. The van der Waals surface area contributed by atoms with Gasteiger partial charge in [-0.25, -0.2) is 4.98 Å². The second-order valence-electron chi connectivity index (χ2n) is 3.96. The van der Waals surface area contributed by atoms with Gasteiger partial charge in [0.05, 0.1) is 10.2 Å². The molecule has 0 unspecified atom stereocenters. The van der Waals surface area contributed by atoms with E-state index >= 15 is 0 Å². The Hall–Kier alpha value is -1.59. The van der Waals surface area contributed by atoms with Gasteiger partial charge in [-0.15, -0.1) is 0 Å². The number of fused-ring (bicyclic) bond motifs is 1. The summed E-state index contributed by atoms with van der Waals surface area (Å²) >= 11 is 9.39. The molecule has 0 amide bonds. The van der Waals surface area contributed by atoms with Crippen LogP contribution in [-0.2, 0) is 6.54 Å². The average molecular weight is 339 g/mol. The zero-order valence-corrected chi connectivity index (χ0v) is 12.1. The van der Waals surface area contributed by atoms with Crippen molar-refractivity contribution >= 4 is 44.3 Å². The Bertz CT molecular complexity index is 714. The molecule has 6 heteroatoms. The summed E-state index contributed by atoms with van der Waals surface area (Å²) in [4.78, 5) is 8.21. The third kappa shape index (κ3) is 2.57. The monoisotopic (exact) mass is 337 g/mol. The van der Waals surface area contributed by atoms with Crippen LogP contribution in [-0.4, -0.2) is 9.97 Å². The second-order valence-corrected chi connectivity index (χ2v) is 5.20. The van der Waals surface area contributed by atoms with E-state index in [0.29, 0.717) is 22.8 Å². The maximum atomic E-state index is 6.01. The van der Waals surface area contributed by atoms with Crippen LogP contribution >= 0.6 is 27.5 Å². The van der Waals surface area contributed by atoms with Crippen LogP contribution in [0, 0.1) is 0 Å². The van der Waals surface area contributed by atoms with Crippen LogP contribution in [0.2, 0.25) is 5.15 Å². The number of anilines is 1. The van der Waals surface area contributed by atoms with Crippen molar-refractivity contribution in [2.75, 3.05) is 5.32 Å². The van der Waals surface area contributed by atoms with Crippen molar-refractivity contribution in [1.82, 2.24) is 9.97 Å². The molecule has 0 atom stereocenters. The highest BCUT2D eigenvalue weighted by molar-refractivity contribution is 9.10. The molecule has 0 aliphatic heterocycles. The maximum absolute atomic E-state index is 6.01. The standard InChI is InChI=1S/C13H9BrClN3O/c14-9-7-19-13-10(5-11(15)18-12(9)13)17-6-8-1-3-16-4-2-8/h1-5,7H,6H2,(H,17,18). The predicted octanol–water partition coefficient (Wildman–Crippen LogP) is 4.25. The topological polar surface area (TPSA) is 51.0 Å². The van der Waals surface area contributed by atoms with Crippen molar-refractivity contribution in [2.45, 2.75) is 6.54 Å². The molecule has 3 aromatic rings. The van der Waals surface area contributed by atoms with E-state index < -0.39 is 0 Å². The molecule has 0 aromatic carbocycles. The van der Waals surface area contributed by atoms with Crippen molar-refractivity contribution in [3.05, 3.63) is 52.0 Å². The van der Waals surface area contributed by atoms with Crippen LogP contribution in [0.25, 0.3) is 11.1 Å². The normalized spacial score (nSPS) is 10.8. The first-order valence-electron chi connectivity index (χ1n) is 5.60. The first-order chi connectivity index (χ1) is 9.24. The second kappa shape index (κ2) is 5.19. The molecule has 0 saturated carbocycles. The molecular weight excluding hydrogens is 330 g/mol. The Balaban J connectivity index is 1.92. The van der Waals surface area contributed by atoms with Gasteiger partial charge >= 0.3 is 0 Å². The van der Waals surface area contributed by atoms with Crippen LogP contribution in [0.4, 0.5) is 5.69 Å². The van der Waals surface area contributed by atoms with Gasteiger partial charge in [0.2, 0.25) is 0 Å². The Labute approximate surface area is 122 Å². The highest BCUT2D eigenvalue weighted by atomic mass is 79.9. The molecule has 96 valence electrons. The van der Waals surface area contributed by atoms with Crippen LogP contribution in [0.5, 0.6) is 0 Å². The van der Waals surface area contributed by atoms with E-state index in [4.69, 9.17) is 16.0 Å². The minimum Gasteiger partial charge on any atom is -0.459 e. The zero-order valence-electron chi connectivity index (χ0n) is 9.73. The predicted molar refractivity (Wildman–Crippen MR) is 78.3 cm³/mol. The van der Waals surface area contributed by atoms with Crippen LogP contribution < -0.4 is 5.32 Å². The molecule has 0 aliphatic carbocycles. The molecule has 3 rings (SSSR count). The molecule has 4 nitrogen and oxygen atoms in total.